The van der Waals surface area contributed by atoms with Gasteiger partial charge in [0.15, 0.2) is 5.78 Å². The van der Waals surface area contributed by atoms with Crippen LogP contribution >= 0.6 is 0 Å². The molecule has 0 spiro atoms. The molecule has 0 heterocycles. The van der Waals surface area contributed by atoms with Crippen molar-refractivity contribution in [3.8, 4) is 5.75 Å². The Morgan fingerprint density at radius 1 is 0.750 bits per heavy atom. The van der Waals surface area contributed by atoms with Gasteiger partial charge in [-0.25, -0.2) is 0 Å². The largest absolute Gasteiger partial charge is 0.497 e. The number of ether oxygens (including phenoxy) is 1. The minimum Gasteiger partial charge on any atom is -0.497 e. The summed E-state index contributed by atoms with van der Waals surface area (Å²) in [6, 6.07) is 25.5. The molecule has 0 aliphatic carbocycles. The lowest BCUT2D eigenvalue weighted by Gasteiger charge is -2.10. The van der Waals surface area contributed by atoms with E-state index in [1.165, 1.54) is 5.39 Å². The first kappa shape index (κ1) is 14.5. The van der Waals surface area contributed by atoms with Crippen LogP contribution in [0.5, 0.6) is 5.75 Å². The van der Waals surface area contributed by atoms with E-state index >= 15 is 0 Å². The topological polar surface area (TPSA) is 26.3 Å². The minimum atomic E-state index is 0.0274. The molecule has 0 amide bonds. The summed E-state index contributed by atoms with van der Waals surface area (Å²) in [7, 11) is 1.62. The molecule has 116 valence electrons. The van der Waals surface area contributed by atoms with Crippen molar-refractivity contribution in [1.29, 1.82) is 0 Å². The average molecular weight is 312 g/mol. The predicted molar refractivity (Wildman–Crippen MR) is 97.9 cm³/mol. The Balaban J connectivity index is 1.95. The highest BCUT2D eigenvalue weighted by molar-refractivity contribution is 6.22. The summed E-state index contributed by atoms with van der Waals surface area (Å²) in [6.07, 6.45) is 0. The van der Waals surface area contributed by atoms with Gasteiger partial charge >= 0.3 is 0 Å². The van der Waals surface area contributed by atoms with Gasteiger partial charge in [0, 0.05) is 11.1 Å². The molecule has 0 saturated carbocycles. The standard InChI is InChI=1S/C22H16O2/c1-24-17-12-10-15(11-13-17)22(23)21-14-16-6-2-3-7-18(16)19-8-4-5-9-20(19)21/h2-14H,1H3. The molecule has 24 heavy (non-hydrogen) atoms. The molecule has 4 rings (SSSR count). The van der Waals surface area contributed by atoms with E-state index in [0.29, 0.717) is 5.56 Å². The maximum absolute atomic E-state index is 13.1. The molecule has 0 bridgehead atoms. The molecule has 0 aliphatic heterocycles. The maximum atomic E-state index is 13.1. The highest BCUT2D eigenvalue weighted by Gasteiger charge is 2.14. The van der Waals surface area contributed by atoms with Gasteiger partial charge in [0.2, 0.25) is 0 Å². The predicted octanol–water partition coefficient (Wildman–Crippen LogP) is 5.23. The number of ketones is 1. The quantitative estimate of drug-likeness (QED) is 0.382. The third-order valence-corrected chi connectivity index (χ3v) is 4.36. The molecule has 0 N–H and O–H groups in total. The summed E-state index contributed by atoms with van der Waals surface area (Å²) in [5.74, 6) is 0.773. The Hall–Kier alpha value is -3.13. The normalized spacial score (nSPS) is 10.9. The number of methoxy groups -OCH3 is 1. The van der Waals surface area contributed by atoms with Crippen molar-refractivity contribution in [3.63, 3.8) is 0 Å². The van der Waals surface area contributed by atoms with Gasteiger partial charge in [-0.1, -0.05) is 48.5 Å². The molecule has 4 aromatic carbocycles. The summed E-state index contributed by atoms with van der Waals surface area (Å²) in [6.45, 7) is 0. The van der Waals surface area contributed by atoms with Crippen molar-refractivity contribution in [2.24, 2.45) is 0 Å². The van der Waals surface area contributed by atoms with Gasteiger partial charge in [0.05, 0.1) is 7.11 Å². The third kappa shape index (κ3) is 2.33. The summed E-state index contributed by atoms with van der Waals surface area (Å²) in [4.78, 5) is 13.1. The number of benzene rings is 4. The number of carbonyl (C=O) groups excluding carboxylic acids is 1. The Bertz CT molecular complexity index is 1050. The van der Waals surface area contributed by atoms with Crippen LogP contribution in [0.25, 0.3) is 21.5 Å². The molecule has 0 unspecified atom stereocenters. The smallest absolute Gasteiger partial charge is 0.193 e. The third-order valence-electron chi connectivity index (χ3n) is 4.36. The van der Waals surface area contributed by atoms with E-state index in [-0.39, 0.29) is 5.78 Å². The van der Waals surface area contributed by atoms with Crippen LogP contribution in [0.3, 0.4) is 0 Å². The van der Waals surface area contributed by atoms with Gasteiger partial charge < -0.3 is 4.74 Å². The molecule has 0 fully saturated rings. The highest BCUT2D eigenvalue weighted by atomic mass is 16.5. The lowest BCUT2D eigenvalue weighted by atomic mass is 9.93. The lowest BCUT2D eigenvalue weighted by molar-refractivity contribution is 0.104. The summed E-state index contributed by atoms with van der Waals surface area (Å²) >= 11 is 0. The Morgan fingerprint density at radius 2 is 1.38 bits per heavy atom. The molecule has 4 aromatic rings. The van der Waals surface area contributed by atoms with Crippen LogP contribution in [0.2, 0.25) is 0 Å². The number of hydrogen-bond donors (Lipinski definition) is 0. The van der Waals surface area contributed by atoms with E-state index < -0.39 is 0 Å². The Labute approximate surface area is 140 Å². The molecule has 2 heteroatoms. The molecule has 0 atom stereocenters. The van der Waals surface area contributed by atoms with Crippen LogP contribution in [0.4, 0.5) is 0 Å². The fraction of sp³-hybridized carbons (Fsp3) is 0.0455. The van der Waals surface area contributed by atoms with Crippen molar-refractivity contribution < 1.29 is 9.53 Å². The van der Waals surface area contributed by atoms with Crippen LogP contribution in [-0.4, -0.2) is 12.9 Å². The monoisotopic (exact) mass is 312 g/mol. The number of carbonyl (C=O) groups is 1. The molecule has 0 aliphatic rings. The molecule has 2 nitrogen and oxygen atoms in total. The van der Waals surface area contributed by atoms with Gasteiger partial charge in [0.25, 0.3) is 0 Å². The first-order chi connectivity index (χ1) is 11.8. The van der Waals surface area contributed by atoms with Crippen molar-refractivity contribution in [3.05, 3.63) is 90.0 Å². The van der Waals surface area contributed by atoms with Gasteiger partial charge in [-0.05, 0) is 51.9 Å². The van der Waals surface area contributed by atoms with Gasteiger partial charge in [0.1, 0.15) is 5.75 Å². The van der Waals surface area contributed by atoms with E-state index in [9.17, 15) is 4.79 Å². The Kier molecular flexibility index (Phi) is 3.51. The second kappa shape index (κ2) is 5.82. The maximum Gasteiger partial charge on any atom is 0.193 e. The molecular weight excluding hydrogens is 296 g/mol. The first-order valence-corrected chi connectivity index (χ1v) is 7.87. The SMILES string of the molecule is COc1ccc(C(=O)c2cc3ccccc3c3ccccc23)cc1. The van der Waals surface area contributed by atoms with E-state index in [1.807, 2.05) is 66.7 Å². The van der Waals surface area contributed by atoms with E-state index in [2.05, 4.69) is 12.1 Å². The highest BCUT2D eigenvalue weighted by Crippen LogP contribution is 2.30. The molecule has 0 saturated heterocycles. The number of hydrogen-bond acceptors (Lipinski definition) is 2. The zero-order valence-electron chi connectivity index (χ0n) is 13.3. The fourth-order valence-electron chi connectivity index (χ4n) is 3.14. The van der Waals surface area contributed by atoms with Crippen molar-refractivity contribution in [1.82, 2.24) is 0 Å². The van der Waals surface area contributed by atoms with Crippen molar-refractivity contribution >= 4 is 27.3 Å². The van der Waals surface area contributed by atoms with Gasteiger partial charge in [-0.2, -0.15) is 0 Å². The molecular formula is C22H16O2. The van der Waals surface area contributed by atoms with Crippen LogP contribution in [0, 0.1) is 0 Å². The van der Waals surface area contributed by atoms with Crippen LogP contribution in [-0.2, 0) is 0 Å². The van der Waals surface area contributed by atoms with Crippen LogP contribution < -0.4 is 4.74 Å². The second-order valence-electron chi connectivity index (χ2n) is 5.75. The van der Waals surface area contributed by atoms with Gasteiger partial charge in [-0.15, -0.1) is 0 Å². The first-order valence-electron chi connectivity index (χ1n) is 7.87. The molecule has 0 aromatic heterocycles. The average Bonchev–Trinajstić information content (AvgIpc) is 2.67. The zero-order chi connectivity index (χ0) is 16.5. The second-order valence-corrected chi connectivity index (χ2v) is 5.75. The Morgan fingerprint density at radius 3 is 2.08 bits per heavy atom. The summed E-state index contributed by atoms with van der Waals surface area (Å²) < 4.78 is 5.17. The van der Waals surface area contributed by atoms with E-state index in [1.54, 1.807) is 7.11 Å². The number of rotatable bonds is 3. The zero-order valence-corrected chi connectivity index (χ0v) is 13.3. The van der Waals surface area contributed by atoms with Crippen molar-refractivity contribution in [2.45, 2.75) is 0 Å². The van der Waals surface area contributed by atoms with E-state index in [4.69, 9.17) is 4.74 Å². The number of fused-ring (bicyclic) bond motifs is 3. The fourth-order valence-corrected chi connectivity index (χ4v) is 3.14. The minimum absolute atomic E-state index is 0.0274. The van der Waals surface area contributed by atoms with Gasteiger partial charge in [-0.3, -0.25) is 4.79 Å². The summed E-state index contributed by atoms with van der Waals surface area (Å²) in [5.41, 5.74) is 1.39. The summed E-state index contributed by atoms with van der Waals surface area (Å²) in [5, 5.41) is 4.33. The van der Waals surface area contributed by atoms with Crippen LogP contribution in [0.1, 0.15) is 15.9 Å². The lowest BCUT2D eigenvalue weighted by Crippen LogP contribution is -2.02. The van der Waals surface area contributed by atoms with Crippen LogP contribution in [0.15, 0.2) is 78.9 Å². The molecule has 0 radical (unpaired) electrons. The van der Waals surface area contributed by atoms with E-state index in [0.717, 1.165) is 27.5 Å². The van der Waals surface area contributed by atoms with Crippen molar-refractivity contribution in [2.75, 3.05) is 7.11 Å².